The highest BCUT2D eigenvalue weighted by Crippen LogP contribution is 2.36. The first-order valence-electron chi connectivity index (χ1n) is 6.87. The van der Waals surface area contributed by atoms with E-state index < -0.39 is 0 Å². The molecule has 6 heteroatoms. The minimum atomic E-state index is 0.0130. The molecule has 1 heterocycles. The molecule has 4 nitrogen and oxygen atoms in total. The highest BCUT2D eigenvalue weighted by molar-refractivity contribution is 9.11. The van der Waals surface area contributed by atoms with E-state index in [1.165, 1.54) is 0 Å². The normalized spacial score (nSPS) is 10.0. The van der Waals surface area contributed by atoms with E-state index in [4.69, 9.17) is 0 Å². The van der Waals surface area contributed by atoms with E-state index in [0.717, 1.165) is 20.1 Å². The van der Waals surface area contributed by atoms with Crippen LogP contribution in [0.2, 0.25) is 0 Å². The fourth-order valence-corrected chi connectivity index (χ4v) is 3.22. The number of rotatable bonds is 2. The van der Waals surface area contributed by atoms with Crippen molar-refractivity contribution in [2.75, 3.05) is 0 Å². The Bertz CT molecular complexity index is 934. The summed E-state index contributed by atoms with van der Waals surface area (Å²) in [6.45, 7) is 0. The number of halogens is 2. The zero-order valence-corrected chi connectivity index (χ0v) is 15.3. The Morgan fingerprint density at radius 3 is 1.38 bits per heavy atom. The van der Waals surface area contributed by atoms with Gasteiger partial charge in [0.05, 0.1) is 11.4 Å². The lowest BCUT2D eigenvalue weighted by Crippen LogP contribution is -2.02. The summed E-state index contributed by atoms with van der Waals surface area (Å²) in [5, 5.41) is 18.6. The molecule has 114 valence electrons. The molecule has 0 atom stereocenters. The van der Waals surface area contributed by atoms with Crippen LogP contribution in [-0.4, -0.2) is 9.97 Å². The van der Waals surface area contributed by atoms with E-state index in [1.807, 2.05) is 60.7 Å². The average Bonchev–Trinajstić information content (AvgIpc) is 2.61. The van der Waals surface area contributed by atoms with Gasteiger partial charge >= 0.3 is 0 Å². The highest BCUT2D eigenvalue weighted by Gasteiger charge is 2.19. The van der Waals surface area contributed by atoms with Crippen LogP contribution in [-0.2, 0) is 0 Å². The maximum atomic E-state index is 9.28. The Morgan fingerprint density at radius 1 is 0.667 bits per heavy atom. The van der Waals surface area contributed by atoms with Crippen molar-refractivity contribution in [1.29, 1.82) is 10.5 Å². The number of hydrogen-bond acceptors (Lipinski definition) is 4. The third-order valence-electron chi connectivity index (χ3n) is 3.37. The molecule has 0 saturated carbocycles. The Hall–Kier alpha value is -2.54. The molecule has 0 unspecified atom stereocenters. The molecule has 0 bridgehead atoms. The van der Waals surface area contributed by atoms with Crippen molar-refractivity contribution in [3.8, 4) is 34.7 Å². The second-order valence-corrected chi connectivity index (χ2v) is 6.51. The van der Waals surface area contributed by atoms with Crippen molar-refractivity contribution >= 4 is 31.9 Å². The zero-order chi connectivity index (χ0) is 17.1. The van der Waals surface area contributed by atoms with Gasteiger partial charge in [0.1, 0.15) is 12.1 Å². The summed E-state index contributed by atoms with van der Waals surface area (Å²) in [5.74, 6) is 0. The summed E-state index contributed by atoms with van der Waals surface area (Å²) in [6.07, 6.45) is 0. The standard InChI is InChI=1S/C18H8Br2N4/c19-13-7-3-1-5-11(13)17-18(12-6-2-4-8-14(12)20)24-16(10-22)15(9-21)23-17/h1-8H. The molecule has 3 rings (SSSR count). The fraction of sp³-hybridized carbons (Fsp3) is 0. The van der Waals surface area contributed by atoms with Gasteiger partial charge in [-0.3, -0.25) is 0 Å². The van der Waals surface area contributed by atoms with Crippen molar-refractivity contribution in [3.63, 3.8) is 0 Å². The first kappa shape index (κ1) is 16.3. The van der Waals surface area contributed by atoms with Gasteiger partial charge in [-0.1, -0.05) is 68.3 Å². The van der Waals surface area contributed by atoms with E-state index in [0.29, 0.717) is 11.4 Å². The number of benzene rings is 2. The van der Waals surface area contributed by atoms with Crippen LogP contribution in [0, 0.1) is 22.7 Å². The molecule has 3 aromatic rings. The Balaban J connectivity index is 2.40. The number of hydrogen-bond donors (Lipinski definition) is 0. The third-order valence-corrected chi connectivity index (χ3v) is 4.75. The molecular formula is C18H8Br2N4. The predicted octanol–water partition coefficient (Wildman–Crippen LogP) is 5.08. The van der Waals surface area contributed by atoms with Crippen molar-refractivity contribution in [3.05, 3.63) is 68.9 Å². The first-order valence-corrected chi connectivity index (χ1v) is 8.46. The van der Waals surface area contributed by atoms with Gasteiger partial charge in [0.2, 0.25) is 0 Å². The summed E-state index contributed by atoms with van der Waals surface area (Å²) in [6, 6.07) is 19.0. The average molecular weight is 440 g/mol. The lowest BCUT2D eigenvalue weighted by molar-refractivity contribution is 1.14. The molecule has 0 aliphatic carbocycles. The maximum absolute atomic E-state index is 9.28. The molecule has 0 spiro atoms. The van der Waals surface area contributed by atoms with Gasteiger partial charge < -0.3 is 0 Å². The Morgan fingerprint density at radius 2 is 1.04 bits per heavy atom. The van der Waals surface area contributed by atoms with Gasteiger partial charge in [0.15, 0.2) is 11.4 Å². The summed E-state index contributed by atoms with van der Waals surface area (Å²) >= 11 is 7.03. The minimum absolute atomic E-state index is 0.0130. The smallest absolute Gasteiger partial charge is 0.177 e. The van der Waals surface area contributed by atoms with Gasteiger partial charge in [-0.05, 0) is 12.1 Å². The molecule has 0 radical (unpaired) electrons. The number of aromatic nitrogens is 2. The van der Waals surface area contributed by atoms with E-state index >= 15 is 0 Å². The zero-order valence-electron chi connectivity index (χ0n) is 12.2. The van der Waals surface area contributed by atoms with Crippen molar-refractivity contribution < 1.29 is 0 Å². The van der Waals surface area contributed by atoms with Crippen molar-refractivity contribution in [2.24, 2.45) is 0 Å². The van der Waals surface area contributed by atoms with E-state index in [9.17, 15) is 10.5 Å². The van der Waals surface area contributed by atoms with Gasteiger partial charge in [-0.2, -0.15) is 10.5 Å². The molecular weight excluding hydrogens is 432 g/mol. The lowest BCUT2D eigenvalue weighted by atomic mass is 10.0. The van der Waals surface area contributed by atoms with Gasteiger partial charge in [-0.15, -0.1) is 0 Å². The van der Waals surface area contributed by atoms with Crippen LogP contribution < -0.4 is 0 Å². The number of nitriles is 2. The second kappa shape index (κ2) is 6.92. The quantitative estimate of drug-likeness (QED) is 0.558. The van der Waals surface area contributed by atoms with Crippen LogP contribution in [0.3, 0.4) is 0 Å². The minimum Gasteiger partial charge on any atom is -0.232 e. The van der Waals surface area contributed by atoms with E-state index in [-0.39, 0.29) is 11.4 Å². The maximum Gasteiger partial charge on any atom is 0.177 e. The van der Waals surface area contributed by atoms with Crippen LogP contribution >= 0.6 is 31.9 Å². The molecule has 0 fully saturated rings. The SMILES string of the molecule is N#Cc1nc(-c2ccccc2Br)c(-c2ccccc2Br)nc1C#N. The monoisotopic (exact) mass is 438 g/mol. The summed E-state index contributed by atoms with van der Waals surface area (Å²) in [4.78, 5) is 8.83. The Kier molecular flexibility index (Phi) is 4.71. The molecule has 0 aliphatic heterocycles. The van der Waals surface area contributed by atoms with Crippen LogP contribution in [0.5, 0.6) is 0 Å². The topological polar surface area (TPSA) is 73.4 Å². The van der Waals surface area contributed by atoms with Gasteiger partial charge in [0.25, 0.3) is 0 Å². The van der Waals surface area contributed by atoms with Crippen LogP contribution in [0.4, 0.5) is 0 Å². The molecule has 0 aliphatic rings. The lowest BCUT2D eigenvalue weighted by Gasteiger charge is -2.12. The second-order valence-electron chi connectivity index (χ2n) is 4.80. The summed E-state index contributed by atoms with van der Waals surface area (Å²) < 4.78 is 1.67. The van der Waals surface area contributed by atoms with Gasteiger partial charge in [0, 0.05) is 20.1 Å². The van der Waals surface area contributed by atoms with Crippen molar-refractivity contribution in [1.82, 2.24) is 9.97 Å². The summed E-state index contributed by atoms with van der Waals surface area (Å²) in [7, 11) is 0. The van der Waals surface area contributed by atoms with E-state index in [1.54, 1.807) is 0 Å². The first-order chi connectivity index (χ1) is 11.7. The molecule has 1 aromatic heterocycles. The fourth-order valence-electron chi connectivity index (χ4n) is 2.27. The molecule has 0 saturated heterocycles. The van der Waals surface area contributed by atoms with Crippen molar-refractivity contribution in [2.45, 2.75) is 0 Å². The Labute approximate surface area is 155 Å². The highest BCUT2D eigenvalue weighted by atomic mass is 79.9. The summed E-state index contributed by atoms with van der Waals surface area (Å²) in [5.41, 5.74) is 2.72. The largest absolute Gasteiger partial charge is 0.232 e. The van der Waals surface area contributed by atoms with E-state index in [2.05, 4.69) is 41.8 Å². The van der Waals surface area contributed by atoms with Gasteiger partial charge in [-0.25, -0.2) is 9.97 Å². The predicted molar refractivity (Wildman–Crippen MR) is 97.7 cm³/mol. The molecule has 0 amide bonds. The van der Waals surface area contributed by atoms with Crippen LogP contribution in [0.25, 0.3) is 22.5 Å². The number of nitrogens with zero attached hydrogens (tertiary/aromatic N) is 4. The third kappa shape index (κ3) is 2.94. The van der Waals surface area contributed by atoms with Crippen LogP contribution in [0.15, 0.2) is 57.5 Å². The molecule has 2 aromatic carbocycles. The molecule has 0 N–H and O–H groups in total. The van der Waals surface area contributed by atoms with Crippen LogP contribution in [0.1, 0.15) is 11.4 Å². The molecule has 24 heavy (non-hydrogen) atoms.